The zero-order valence-electron chi connectivity index (χ0n) is 11.2. The van der Waals surface area contributed by atoms with Crippen molar-refractivity contribution in [1.29, 1.82) is 0 Å². The Morgan fingerprint density at radius 3 is 1.61 bits per heavy atom. The van der Waals surface area contributed by atoms with Crippen molar-refractivity contribution in [2.75, 3.05) is 0 Å². The number of H-pyrrole nitrogens is 1. The number of aromatic amines is 1. The monoisotopic (exact) mass is 421 g/mol. The van der Waals surface area contributed by atoms with E-state index < -0.39 is 0 Å². The Morgan fingerprint density at radius 2 is 1.50 bits per heavy atom. The first-order chi connectivity index (χ1) is 7.83. The molecule has 0 bridgehead atoms. The average molecular weight is 419 g/mol. The zero-order valence-corrected chi connectivity index (χ0v) is 14.6. The zero-order chi connectivity index (χ0) is 12.5. The molecule has 1 aromatic heterocycles. The first-order valence-corrected chi connectivity index (χ1v) is 5.57. The van der Waals surface area contributed by atoms with E-state index in [1.807, 2.05) is 62.5 Å². The summed E-state index contributed by atoms with van der Waals surface area (Å²) in [7, 11) is 0. The summed E-state index contributed by atoms with van der Waals surface area (Å²) in [5.74, 6) is 0. The van der Waals surface area contributed by atoms with Gasteiger partial charge in [0.2, 0.25) is 0 Å². The Balaban J connectivity index is -0.0000000725. The number of hydrogen-bond acceptors (Lipinski definition) is 0. The Kier molecular flexibility index (Phi) is 44.3. The minimum atomic E-state index is 0. The first kappa shape index (κ1) is 26.4. The van der Waals surface area contributed by atoms with E-state index in [0.717, 1.165) is 12.8 Å². The third-order valence-corrected chi connectivity index (χ3v) is 0.998. The van der Waals surface area contributed by atoms with Crippen LogP contribution in [0.5, 0.6) is 0 Å². The van der Waals surface area contributed by atoms with Crippen molar-refractivity contribution in [2.24, 2.45) is 0 Å². The van der Waals surface area contributed by atoms with Crippen LogP contribution in [0, 0.1) is 20.0 Å². The minimum absolute atomic E-state index is 0. The van der Waals surface area contributed by atoms with Crippen LogP contribution < -0.4 is 0 Å². The van der Waals surface area contributed by atoms with Crippen LogP contribution in [0.3, 0.4) is 0 Å². The summed E-state index contributed by atoms with van der Waals surface area (Å²) in [5, 5.41) is 0. The molecule has 0 atom stereocenters. The third-order valence-electron chi connectivity index (χ3n) is 0.998. The van der Waals surface area contributed by atoms with Crippen molar-refractivity contribution >= 4 is 0 Å². The molecule has 0 aliphatic rings. The van der Waals surface area contributed by atoms with Crippen LogP contribution in [-0.4, -0.2) is 4.98 Å². The summed E-state index contributed by atoms with van der Waals surface area (Å²) < 4.78 is 0. The van der Waals surface area contributed by atoms with Gasteiger partial charge in [-0.1, -0.05) is 13.8 Å². The van der Waals surface area contributed by atoms with E-state index in [9.17, 15) is 0 Å². The van der Waals surface area contributed by atoms with Gasteiger partial charge < -0.3 is 18.8 Å². The molecule has 0 saturated carbocycles. The van der Waals surface area contributed by atoms with Crippen molar-refractivity contribution in [2.45, 2.75) is 26.7 Å². The Labute approximate surface area is 139 Å². The molecule has 0 amide bonds. The largest absolute Gasteiger partial charge is 4.00 e. The molecule has 104 valence electrons. The fourth-order valence-corrected chi connectivity index (χ4v) is 0.561. The molecule has 18 heavy (non-hydrogen) atoms. The maximum absolute atomic E-state index is 3.49. The predicted octanol–water partition coefficient (Wildman–Crippen LogP) is 4.68. The van der Waals surface area contributed by atoms with Crippen molar-refractivity contribution in [1.82, 2.24) is 4.98 Å². The standard InChI is InChI=1S/C5H5.C4H4N.2C3H7.2Ru/c2*1-2-4-5-3-1;2*1-3-2;;/h1-5H;1-3,5H;2*1,3H2,2H3;;/q4*-1;;+4. The van der Waals surface area contributed by atoms with Gasteiger partial charge in [0.1, 0.15) is 0 Å². The number of aromatic nitrogens is 1. The summed E-state index contributed by atoms with van der Waals surface area (Å²) in [5.41, 5.74) is 0. The molecular weight excluding hydrogens is 396 g/mol. The van der Waals surface area contributed by atoms with Gasteiger partial charge in [0.05, 0.1) is 0 Å². The molecule has 0 unspecified atom stereocenters. The maximum atomic E-state index is 3.49. The molecule has 1 N–H and O–H groups in total. The van der Waals surface area contributed by atoms with Crippen LogP contribution >= 0.6 is 0 Å². The fourth-order valence-electron chi connectivity index (χ4n) is 0.561. The van der Waals surface area contributed by atoms with E-state index in [4.69, 9.17) is 0 Å². The molecule has 0 aliphatic heterocycles. The molecular formula is C15H23NRu2. The van der Waals surface area contributed by atoms with E-state index in [0.29, 0.717) is 0 Å². The Morgan fingerprint density at radius 1 is 1.06 bits per heavy atom. The van der Waals surface area contributed by atoms with Gasteiger partial charge >= 0.3 is 19.5 Å². The minimum Gasteiger partial charge on any atom is -0.484 e. The van der Waals surface area contributed by atoms with Crippen molar-refractivity contribution in [3.63, 3.8) is 0 Å². The molecule has 1 aromatic carbocycles. The second-order valence-electron chi connectivity index (χ2n) is 2.78. The van der Waals surface area contributed by atoms with Gasteiger partial charge in [-0.05, 0) is 0 Å². The van der Waals surface area contributed by atoms with E-state index in [1.165, 1.54) is 0 Å². The van der Waals surface area contributed by atoms with Gasteiger partial charge in [-0.25, -0.2) is 12.1 Å². The third kappa shape index (κ3) is 36.0. The summed E-state index contributed by atoms with van der Waals surface area (Å²) in [4.78, 5) is 2.74. The molecule has 1 heterocycles. The topological polar surface area (TPSA) is 15.8 Å². The fraction of sp³-hybridized carbons (Fsp3) is 0.267. The van der Waals surface area contributed by atoms with Crippen LogP contribution in [0.1, 0.15) is 26.7 Å². The van der Waals surface area contributed by atoms with Crippen molar-refractivity contribution in [3.8, 4) is 0 Å². The second-order valence-corrected chi connectivity index (χ2v) is 2.78. The van der Waals surface area contributed by atoms with Crippen LogP contribution in [0.4, 0.5) is 0 Å². The van der Waals surface area contributed by atoms with Gasteiger partial charge in [-0.2, -0.15) is 49.4 Å². The summed E-state index contributed by atoms with van der Waals surface area (Å²) >= 11 is 0. The normalized spacial score (nSPS) is 6.44. The van der Waals surface area contributed by atoms with Gasteiger partial charge in [0.25, 0.3) is 0 Å². The van der Waals surface area contributed by atoms with Crippen LogP contribution in [0.2, 0.25) is 0 Å². The van der Waals surface area contributed by atoms with Gasteiger partial charge in [0, 0.05) is 19.5 Å². The average Bonchev–Trinajstić information content (AvgIpc) is 3.00. The molecule has 0 spiro atoms. The van der Waals surface area contributed by atoms with Crippen LogP contribution in [0.25, 0.3) is 0 Å². The Hall–Kier alpha value is -0.123. The smallest absolute Gasteiger partial charge is 0.484 e. The van der Waals surface area contributed by atoms with E-state index >= 15 is 0 Å². The Bertz CT molecular complexity index is 177. The van der Waals surface area contributed by atoms with Gasteiger partial charge in [-0.3, -0.25) is 0 Å². The maximum Gasteiger partial charge on any atom is 4.00 e. The molecule has 0 saturated heterocycles. The molecule has 0 radical (unpaired) electrons. The number of hydrogen-bond donors (Lipinski definition) is 1. The second kappa shape index (κ2) is 30.2. The molecule has 2 rings (SSSR count). The summed E-state index contributed by atoms with van der Waals surface area (Å²) in [6.07, 6.45) is 6.56. The predicted molar refractivity (Wildman–Crippen MR) is 73.0 cm³/mol. The molecule has 3 heteroatoms. The van der Waals surface area contributed by atoms with E-state index in [-0.39, 0.29) is 39.0 Å². The van der Waals surface area contributed by atoms with Crippen molar-refractivity contribution in [3.05, 3.63) is 68.7 Å². The molecule has 1 nitrogen and oxygen atoms in total. The molecule has 0 aliphatic carbocycles. The van der Waals surface area contributed by atoms with E-state index in [1.54, 1.807) is 0 Å². The van der Waals surface area contributed by atoms with Crippen LogP contribution in [-0.2, 0) is 39.0 Å². The summed E-state index contributed by atoms with van der Waals surface area (Å²) in [6.45, 7) is 11.0. The molecule has 0 fully saturated rings. The van der Waals surface area contributed by atoms with Crippen molar-refractivity contribution < 1.29 is 39.0 Å². The van der Waals surface area contributed by atoms with E-state index in [2.05, 4.69) is 25.0 Å². The number of nitrogens with one attached hydrogen (secondary N) is 1. The first-order valence-electron chi connectivity index (χ1n) is 5.57. The SMILES string of the molecule is [CH2-]CC.[CH2-]CC.[Ru+4].[Ru].[c-]1ccc[nH]1.c1cc[cH-]c1. The van der Waals surface area contributed by atoms with Crippen LogP contribution in [0.15, 0.2) is 48.7 Å². The molecule has 2 aromatic rings. The summed E-state index contributed by atoms with van der Waals surface area (Å²) in [6, 6.07) is 13.7. The number of rotatable bonds is 0. The quantitative estimate of drug-likeness (QED) is 0.472. The van der Waals surface area contributed by atoms with Gasteiger partial charge in [0.15, 0.2) is 0 Å². The van der Waals surface area contributed by atoms with Gasteiger partial charge in [-0.15, -0.1) is 6.20 Å².